The Morgan fingerprint density at radius 1 is 1.57 bits per heavy atom. The fourth-order valence-corrected chi connectivity index (χ4v) is 1.64. The minimum Gasteiger partial charge on any atom is -0.467 e. The van der Waals surface area contributed by atoms with Crippen LogP contribution in [0.3, 0.4) is 0 Å². The summed E-state index contributed by atoms with van der Waals surface area (Å²) >= 11 is 0. The van der Waals surface area contributed by atoms with E-state index in [4.69, 9.17) is 10.2 Å². The second kappa shape index (κ2) is 3.31. The highest BCUT2D eigenvalue weighted by atomic mass is 16.3. The maximum Gasteiger partial charge on any atom is 0.126 e. The lowest BCUT2D eigenvalue weighted by molar-refractivity contribution is 0.513. The highest BCUT2D eigenvalue weighted by molar-refractivity contribution is 5.64. The van der Waals surface area contributed by atoms with Crippen LogP contribution in [0, 0.1) is 6.92 Å². The average molecular weight is 191 g/mol. The van der Waals surface area contributed by atoms with Crippen molar-refractivity contribution >= 4 is 0 Å². The molecule has 0 aliphatic rings. The first-order chi connectivity index (χ1) is 6.74. The Morgan fingerprint density at radius 2 is 2.36 bits per heavy atom. The van der Waals surface area contributed by atoms with E-state index in [0.717, 1.165) is 22.6 Å². The zero-order chi connectivity index (χ0) is 10.1. The number of furan rings is 1. The molecule has 0 fully saturated rings. The van der Waals surface area contributed by atoms with E-state index in [-0.39, 0.29) is 0 Å². The Balaban J connectivity index is 2.59. The molecule has 0 atom stereocenters. The largest absolute Gasteiger partial charge is 0.467 e. The number of aryl methyl sites for hydroxylation is 2. The lowest BCUT2D eigenvalue weighted by Gasteiger charge is -2.02. The fourth-order valence-electron chi connectivity index (χ4n) is 1.64. The van der Waals surface area contributed by atoms with Crippen LogP contribution in [0.25, 0.3) is 11.3 Å². The molecule has 0 saturated heterocycles. The van der Waals surface area contributed by atoms with Crippen LogP contribution in [0.15, 0.2) is 22.9 Å². The second-order valence-corrected chi connectivity index (χ2v) is 3.26. The van der Waals surface area contributed by atoms with Gasteiger partial charge in [-0.05, 0) is 18.6 Å². The van der Waals surface area contributed by atoms with Crippen LogP contribution >= 0.6 is 0 Å². The quantitative estimate of drug-likeness (QED) is 0.781. The van der Waals surface area contributed by atoms with Crippen molar-refractivity contribution < 1.29 is 4.42 Å². The van der Waals surface area contributed by atoms with Crippen molar-refractivity contribution in [1.29, 1.82) is 0 Å². The van der Waals surface area contributed by atoms with Crippen molar-refractivity contribution in [3.63, 3.8) is 0 Å². The highest BCUT2D eigenvalue weighted by Crippen LogP contribution is 2.26. The van der Waals surface area contributed by atoms with Gasteiger partial charge in [0.05, 0.1) is 24.7 Å². The third-order valence-electron chi connectivity index (χ3n) is 2.31. The van der Waals surface area contributed by atoms with Crippen LogP contribution in [0.1, 0.15) is 11.3 Å². The molecule has 2 heterocycles. The monoisotopic (exact) mass is 191 g/mol. The molecular weight excluding hydrogens is 178 g/mol. The Kier molecular flexibility index (Phi) is 2.13. The number of hydrogen-bond donors (Lipinski definition) is 1. The van der Waals surface area contributed by atoms with E-state index in [2.05, 4.69) is 5.10 Å². The number of rotatable bonds is 2. The van der Waals surface area contributed by atoms with Gasteiger partial charge < -0.3 is 10.2 Å². The minimum absolute atomic E-state index is 0.410. The van der Waals surface area contributed by atoms with Gasteiger partial charge in [-0.15, -0.1) is 0 Å². The van der Waals surface area contributed by atoms with Crippen molar-refractivity contribution in [3.8, 4) is 11.3 Å². The molecule has 74 valence electrons. The molecule has 0 saturated carbocycles. The summed E-state index contributed by atoms with van der Waals surface area (Å²) < 4.78 is 7.11. The zero-order valence-corrected chi connectivity index (χ0v) is 8.32. The maximum absolute atomic E-state index is 5.58. The molecule has 2 rings (SSSR count). The summed E-state index contributed by atoms with van der Waals surface area (Å²) in [7, 11) is 1.91. The number of aromatic nitrogens is 2. The van der Waals surface area contributed by atoms with E-state index in [1.165, 1.54) is 0 Å². The van der Waals surface area contributed by atoms with Crippen LogP contribution in [0.5, 0.6) is 0 Å². The van der Waals surface area contributed by atoms with Gasteiger partial charge in [0.1, 0.15) is 5.76 Å². The first kappa shape index (κ1) is 9.02. The van der Waals surface area contributed by atoms with Crippen molar-refractivity contribution in [2.24, 2.45) is 12.8 Å². The van der Waals surface area contributed by atoms with Crippen LogP contribution < -0.4 is 5.73 Å². The van der Waals surface area contributed by atoms with Crippen molar-refractivity contribution in [2.45, 2.75) is 13.5 Å². The summed E-state index contributed by atoms with van der Waals surface area (Å²) in [6.07, 6.45) is 3.49. The number of hydrogen-bond acceptors (Lipinski definition) is 3. The topological polar surface area (TPSA) is 57.0 Å². The molecular formula is C10H13N3O. The third-order valence-corrected chi connectivity index (χ3v) is 2.31. The van der Waals surface area contributed by atoms with Gasteiger partial charge >= 0.3 is 0 Å². The zero-order valence-electron chi connectivity index (χ0n) is 8.32. The predicted molar refractivity (Wildman–Crippen MR) is 53.5 cm³/mol. The highest BCUT2D eigenvalue weighted by Gasteiger charge is 2.13. The lowest BCUT2D eigenvalue weighted by Crippen LogP contribution is -1.99. The summed E-state index contributed by atoms with van der Waals surface area (Å²) in [6, 6.07) is 1.92. The molecule has 0 bridgehead atoms. The lowest BCUT2D eigenvalue weighted by atomic mass is 10.1. The van der Waals surface area contributed by atoms with E-state index >= 15 is 0 Å². The summed E-state index contributed by atoms with van der Waals surface area (Å²) in [5, 5.41) is 4.18. The molecule has 14 heavy (non-hydrogen) atoms. The molecule has 4 heteroatoms. The smallest absolute Gasteiger partial charge is 0.126 e. The summed E-state index contributed by atoms with van der Waals surface area (Å²) in [4.78, 5) is 0. The molecule has 2 aromatic heterocycles. The van der Waals surface area contributed by atoms with Crippen LogP contribution in [-0.2, 0) is 13.6 Å². The molecule has 0 radical (unpaired) electrons. The molecule has 2 N–H and O–H groups in total. The number of nitrogens with zero attached hydrogens (tertiary/aromatic N) is 2. The van der Waals surface area contributed by atoms with Crippen molar-refractivity contribution in [3.05, 3.63) is 29.9 Å². The maximum atomic E-state index is 5.58. The Hall–Kier alpha value is -1.55. The average Bonchev–Trinajstić information content (AvgIpc) is 2.73. The number of nitrogens with two attached hydrogens (primary N) is 1. The fraction of sp³-hybridized carbons (Fsp3) is 0.300. The standard InChI is InChI=1S/C10H13N3O/c1-7-6-12-13(2)10(7)8-3-4-14-9(8)5-11/h3-4,6H,5,11H2,1-2H3. The van der Waals surface area contributed by atoms with Crippen molar-refractivity contribution in [2.75, 3.05) is 0 Å². The van der Waals surface area contributed by atoms with Crippen LogP contribution in [0.2, 0.25) is 0 Å². The van der Waals surface area contributed by atoms with E-state index in [1.54, 1.807) is 6.26 Å². The SMILES string of the molecule is Cc1cnn(C)c1-c1ccoc1CN. The molecule has 4 nitrogen and oxygen atoms in total. The second-order valence-electron chi connectivity index (χ2n) is 3.26. The Morgan fingerprint density at radius 3 is 2.93 bits per heavy atom. The molecule has 0 spiro atoms. The van der Waals surface area contributed by atoms with Crippen LogP contribution in [0.4, 0.5) is 0 Å². The van der Waals surface area contributed by atoms with E-state index in [0.29, 0.717) is 6.54 Å². The Labute approximate surface area is 82.3 Å². The first-order valence-electron chi connectivity index (χ1n) is 4.49. The molecule has 0 unspecified atom stereocenters. The van der Waals surface area contributed by atoms with Crippen LogP contribution in [-0.4, -0.2) is 9.78 Å². The van der Waals surface area contributed by atoms with Gasteiger partial charge in [0.2, 0.25) is 0 Å². The van der Waals surface area contributed by atoms with E-state index < -0.39 is 0 Å². The van der Waals surface area contributed by atoms with Gasteiger partial charge in [0, 0.05) is 12.6 Å². The molecule has 0 aliphatic heterocycles. The van der Waals surface area contributed by atoms with E-state index in [1.807, 2.05) is 30.9 Å². The van der Waals surface area contributed by atoms with Gasteiger partial charge in [-0.2, -0.15) is 5.10 Å². The summed E-state index contributed by atoms with van der Waals surface area (Å²) in [5.41, 5.74) is 8.81. The third kappa shape index (κ3) is 1.24. The first-order valence-corrected chi connectivity index (χ1v) is 4.49. The van der Waals surface area contributed by atoms with Gasteiger partial charge in [-0.3, -0.25) is 4.68 Å². The minimum atomic E-state index is 0.410. The summed E-state index contributed by atoms with van der Waals surface area (Å²) in [5.74, 6) is 0.803. The molecule has 0 amide bonds. The Bertz CT molecular complexity index is 422. The van der Waals surface area contributed by atoms with Gasteiger partial charge in [0.25, 0.3) is 0 Å². The molecule has 0 aromatic carbocycles. The van der Waals surface area contributed by atoms with E-state index in [9.17, 15) is 0 Å². The predicted octanol–water partition coefficient (Wildman–Crippen LogP) is 1.45. The normalized spacial score (nSPS) is 10.8. The molecule has 0 aliphatic carbocycles. The van der Waals surface area contributed by atoms with Crippen molar-refractivity contribution in [1.82, 2.24) is 9.78 Å². The summed E-state index contributed by atoms with van der Waals surface area (Å²) in [6.45, 7) is 2.43. The van der Waals surface area contributed by atoms with Gasteiger partial charge in [-0.1, -0.05) is 0 Å². The molecule has 2 aromatic rings. The van der Waals surface area contributed by atoms with Gasteiger partial charge in [-0.25, -0.2) is 0 Å². The van der Waals surface area contributed by atoms with Gasteiger partial charge in [0.15, 0.2) is 0 Å².